The Balaban J connectivity index is 1.87. The monoisotopic (exact) mass is 283 g/mol. The maximum atomic E-state index is 12.1. The van der Waals surface area contributed by atoms with Gasteiger partial charge in [-0.3, -0.25) is 9.48 Å². The highest BCUT2D eigenvalue weighted by Gasteiger charge is 2.16. The molecule has 0 saturated carbocycles. The number of rotatable bonds is 5. The van der Waals surface area contributed by atoms with Crippen molar-refractivity contribution in [1.82, 2.24) is 15.1 Å². The molecule has 2 rings (SSSR count). The zero-order chi connectivity index (χ0) is 15.2. The number of benzene rings is 1. The minimum Gasteiger partial charge on any atom is -0.351 e. The average molecular weight is 283 g/mol. The fourth-order valence-corrected chi connectivity index (χ4v) is 2.22. The summed E-state index contributed by atoms with van der Waals surface area (Å²) in [5, 5.41) is 7.25. The smallest absolute Gasteiger partial charge is 0.244 e. The lowest BCUT2D eigenvalue weighted by atomic mass is 10.2. The minimum atomic E-state index is -0.302. The van der Waals surface area contributed by atoms with Gasteiger partial charge in [0.25, 0.3) is 0 Å². The molecule has 4 nitrogen and oxygen atoms in total. The van der Waals surface area contributed by atoms with Crippen LogP contribution in [0.25, 0.3) is 6.08 Å². The Bertz CT molecular complexity index is 629. The van der Waals surface area contributed by atoms with E-state index in [9.17, 15) is 4.79 Å². The van der Waals surface area contributed by atoms with Gasteiger partial charge in [-0.2, -0.15) is 5.10 Å². The number of carbonyl (C=O) groups excluding carboxylic acids is 1. The largest absolute Gasteiger partial charge is 0.351 e. The molecule has 1 heterocycles. The second-order valence-corrected chi connectivity index (χ2v) is 5.11. The molecule has 0 spiro atoms. The number of nitrogens with zero attached hydrogens (tertiary/aromatic N) is 2. The Morgan fingerprint density at radius 1 is 1.33 bits per heavy atom. The Hall–Kier alpha value is -2.36. The van der Waals surface area contributed by atoms with Crippen LogP contribution in [0.15, 0.2) is 42.5 Å². The molecule has 4 heteroatoms. The maximum Gasteiger partial charge on any atom is 0.244 e. The molecule has 0 aliphatic rings. The van der Waals surface area contributed by atoms with Crippen LogP contribution in [0.3, 0.4) is 0 Å². The third kappa shape index (κ3) is 4.05. The van der Waals surface area contributed by atoms with Gasteiger partial charge in [-0.05, 0) is 32.4 Å². The van der Waals surface area contributed by atoms with E-state index >= 15 is 0 Å². The first kappa shape index (κ1) is 15.0. The molecule has 1 amide bonds. The van der Waals surface area contributed by atoms with Crippen LogP contribution in [0, 0.1) is 13.8 Å². The topological polar surface area (TPSA) is 46.9 Å². The van der Waals surface area contributed by atoms with Crippen molar-refractivity contribution in [2.45, 2.75) is 26.8 Å². The second kappa shape index (κ2) is 6.88. The summed E-state index contributed by atoms with van der Waals surface area (Å²) in [5.41, 5.74) is 3.05. The fourth-order valence-electron chi connectivity index (χ4n) is 2.22. The SMILES string of the molecule is Cc1cc(C)n(C(C)C(=O)NCC=Cc2ccccc2)n1. The molecular formula is C17H21N3O. The molecule has 0 radical (unpaired) electrons. The van der Waals surface area contributed by atoms with Gasteiger partial charge in [-0.1, -0.05) is 42.5 Å². The van der Waals surface area contributed by atoms with Crippen LogP contribution in [-0.2, 0) is 4.79 Å². The first-order valence-electron chi connectivity index (χ1n) is 7.10. The zero-order valence-corrected chi connectivity index (χ0v) is 12.7. The van der Waals surface area contributed by atoms with Crippen molar-refractivity contribution < 1.29 is 4.79 Å². The number of aromatic nitrogens is 2. The van der Waals surface area contributed by atoms with E-state index in [1.165, 1.54) is 0 Å². The highest BCUT2D eigenvalue weighted by Crippen LogP contribution is 2.10. The highest BCUT2D eigenvalue weighted by atomic mass is 16.2. The van der Waals surface area contributed by atoms with Crippen LogP contribution in [0.5, 0.6) is 0 Å². The van der Waals surface area contributed by atoms with Crippen molar-refractivity contribution in [2.24, 2.45) is 0 Å². The first-order valence-corrected chi connectivity index (χ1v) is 7.10. The standard InChI is InChI=1S/C17H21N3O/c1-13-12-14(2)20(19-13)15(3)17(21)18-11-7-10-16-8-5-4-6-9-16/h4-10,12,15H,11H2,1-3H3,(H,18,21). The van der Waals surface area contributed by atoms with Crippen LogP contribution in [-0.4, -0.2) is 22.2 Å². The zero-order valence-electron chi connectivity index (χ0n) is 12.7. The number of aryl methyl sites for hydroxylation is 2. The van der Waals surface area contributed by atoms with Crippen LogP contribution in [0.2, 0.25) is 0 Å². The molecule has 0 aliphatic heterocycles. The summed E-state index contributed by atoms with van der Waals surface area (Å²) in [4.78, 5) is 12.1. The molecular weight excluding hydrogens is 262 g/mol. The highest BCUT2D eigenvalue weighted by molar-refractivity contribution is 5.80. The molecule has 0 saturated heterocycles. The van der Waals surface area contributed by atoms with Crippen molar-refractivity contribution >= 4 is 12.0 Å². The molecule has 1 atom stereocenters. The van der Waals surface area contributed by atoms with Crippen molar-refractivity contribution in [3.8, 4) is 0 Å². The van der Waals surface area contributed by atoms with Crippen LogP contribution in [0.1, 0.15) is 29.9 Å². The van der Waals surface area contributed by atoms with E-state index in [1.807, 2.05) is 69.3 Å². The molecule has 110 valence electrons. The molecule has 1 aromatic carbocycles. The van der Waals surface area contributed by atoms with E-state index in [2.05, 4.69) is 10.4 Å². The molecule has 1 unspecified atom stereocenters. The molecule has 2 aromatic rings. The van der Waals surface area contributed by atoms with Crippen LogP contribution >= 0.6 is 0 Å². The molecule has 0 aliphatic carbocycles. The summed E-state index contributed by atoms with van der Waals surface area (Å²) in [6.45, 7) is 6.25. The third-order valence-electron chi connectivity index (χ3n) is 3.29. The normalized spacial score (nSPS) is 12.5. The van der Waals surface area contributed by atoms with Gasteiger partial charge >= 0.3 is 0 Å². The lowest BCUT2D eigenvalue weighted by molar-refractivity contribution is -0.123. The lowest BCUT2D eigenvalue weighted by Gasteiger charge is -2.13. The van der Waals surface area contributed by atoms with E-state index in [0.717, 1.165) is 17.0 Å². The number of amides is 1. The van der Waals surface area contributed by atoms with Gasteiger partial charge in [0, 0.05) is 12.2 Å². The van der Waals surface area contributed by atoms with Crippen LogP contribution in [0.4, 0.5) is 0 Å². The third-order valence-corrected chi connectivity index (χ3v) is 3.29. The number of hydrogen-bond donors (Lipinski definition) is 1. The molecule has 1 N–H and O–H groups in total. The lowest BCUT2D eigenvalue weighted by Crippen LogP contribution is -2.32. The molecule has 21 heavy (non-hydrogen) atoms. The van der Waals surface area contributed by atoms with Gasteiger partial charge in [0.2, 0.25) is 5.91 Å². The minimum absolute atomic E-state index is 0.0288. The van der Waals surface area contributed by atoms with E-state index in [4.69, 9.17) is 0 Å². The van der Waals surface area contributed by atoms with Crippen molar-refractivity contribution in [3.63, 3.8) is 0 Å². The molecule has 1 aromatic heterocycles. The predicted molar refractivity (Wildman–Crippen MR) is 84.9 cm³/mol. The summed E-state index contributed by atoms with van der Waals surface area (Å²) in [6, 6.07) is 11.7. The summed E-state index contributed by atoms with van der Waals surface area (Å²) < 4.78 is 1.76. The number of nitrogens with one attached hydrogen (secondary N) is 1. The van der Waals surface area contributed by atoms with Gasteiger partial charge in [-0.15, -0.1) is 0 Å². The summed E-state index contributed by atoms with van der Waals surface area (Å²) >= 11 is 0. The van der Waals surface area contributed by atoms with E-state index in [0.29, 0.717) is 6.54 Å². The maximum absolute atomic E-state index is 12.1. The molecule has 0 fully saturated rings. The van der Waals surface area contributed by atoms with Crippen LogP contribution < -0.4 is 5.32 Å². The summed E-state index contributed by atoms with van der Waals surface area (Å²) in [7, 11) is 0. The summed E-state index contributed by atoms with van der Waals surface area (Å²) in [6.07, 6.45) is 3.94. The Morgan fingerprint density at radius 3 is 2.67 bits per heavy atom. The number of carbonyl (C=O) groups is 1. The predicted octanol–water partition coefficient (Wildman–Crippen LogP) is 2.89. The van der Waals surface area contributed by atoms with E-state index in [1.54, 1.807) is 4.68 Å². The van der Waals surface area contributed by atoms with Gasteiger partial charge in [0.1, 0.15) is 6.04 Å². The van der Waals surface area contributed by atoms with Gasteiger partial charge in [0.15, 0.2) is 0 Å². The van der Waals surface area contributed by atoms with Gasteiger partial charge in [0.05, 0.1) is 5.69 Å². The van der Waals surface area contributed by atoms with Gasteiger partial charge < -0.3 is 5.32 Å². The Morgan fingerprint density at radius 2 is 2.05 bits per heavy atom. The summed E-state index contributed by atoms with van der Waals surface area (Å²) in [5.74, 6) is -0.0288. The average Bonchev–Trinajstić information content (AvgIpc) is 2.82. The second-order valence-electron chi connectivity index (χ2n) is 5.11. The van der Waals surface area contributed by atoms with Crippen molar-refractivity contribution in [3.05, 3.63) is 59.4 Å². The van der Waals surface area contributed by atoms with Crippen molar-refractivity contribution in [2.75, 3.05) is 6.54 Å². The quantitative estimate of drug-likeness (QED) is 0.917. The number of hydrogen-bond acceptors (Lipinski definition) is 2. The van der Waals surface area contributed by atoms with Crippen molar-refractivity contribution in [1.29, 1.82) is 0 Å². The fraction of sp³-hybridized carbons (Fsp3) is 0.294. The molecule has 0 bridgehead atoms. The Kier molecular flexibility index (Phi) is 4.93. The van der Waals surface area contributed by atoms with Gasteiger partial charge in [-0.25, -0.2) is 0 Å². The van der Waals surface area contributed by atoms with E-state index < -0.39 is 0 Å². The first-order chi connectivity index (χ1) is 10.1. The van der Waals surface area contributed by atoms with E-state index in [-0.39, 0.29) is 11.9 Å². The Labute approximate surface area is 125 Å².